The Morgan fingerprint density at radius 3 is 2.73 bits per heavy atom. The molecule has 2 heterocycles. The third-order valence-electron chi connectivity index (χ3n) is 5.60. The highest BCUT2D eigenvalue weighted by Crippen LogP contribution is 2.39. The zero-order valence-corrected chi connectivity index (χ0v) is 17.8. The van der Waals surface area contributed by atoms with Crippen LogP contribution in [0.5, 0.6) is 0 Å². The largest absolute Gasteiger partial charge is 0.516 e. The van der Waals surface area contributed by atoms with E-state index in [4.69, 9.17) is 9.16 Å². The van der Waals surface area contributed by atoms with Crippen molar-refractivity contribution in [3.05, 3.63) is 42.7 Å². The maximum atomic E-state index is 12.9. The summed E-state index contributed by atoms with van der Waals surface area (Å²) >= 11 is 0. The van der Waals surface area contributed by atoms with Crippen molar-refractivity contribution in [3.63, 3.8) is 0 Å². The van der Waals surface area contributed by atoms with Gasteiger partial charge in [-0.1, -0.05) is 39.5 Å². The first-order valence-corrected chi connectivity index (χ1v) is 12.2. The molecule has 1 aliphatic heterocycles. The molecule has 5 nitrogen and oxygen atoms in total. The zero-order valence-electron chi connectivity index (χ0n) is 16.8. The van der Waals surface area contributed by atoms with Gasteiger partial charge in [-0.15, -0.1) is 0 Å². The molecule has 144 valence electrons. The molecule has 1 saturated heterocycles. The number of pyridine rings is 1. The number of aromatic nitrogens is 1. The van der Waals surface area contributed by atoms with Crippen molar-refractivity contribution >= 4 is 14.4 Å². The van der Waals surface area contributed by atoms with Crippen molar-refractivity contribution in [1.29, 1.82) is 0 Å². The fraction of sp³-hybridized carbons (Fsp3) is 0.600. The monoisotopic (exact) mass is 377 g/mol. The Morgan fingerprint density at radius 1 is 1.42 bits per heavy atom. The summed E-state index contributed by atoms with van der Waals surface area (Å²) in [5, 5.41) is 0.148. The molecule has 2 rings (SSSR count). The van der Waals surface area contributed by atoms with Gasteiger partial charge in [0.15, 0.2) is 8.32 Å². The summed E-state index contributed by atoms with van der Waals surface area (Å²) in [7, 11) is -1.88. The number of quaternary nitrogens is 1. The maximum absolute atomic E-state index is 12.9. The van der Waals surface area contributed by atoms with E-state index in [0.29, 0.717) is 19.6 Å². The highest BCUT2D eigenvalue weighted by Gasteiger charge is 2.50. The Kier molecular flexibility index (Phi) is 6.42. The third-order valence-corrected chi connectivity index (χ3v) is 10.1. The van der Waals surface area contributed by atoms with E-state index in [1.165, 1.54) is 0 Å². The van der Waals surface area contributed by atoms with Crippen LogP contribution in [-0.2, 0) is 15.7 Å². The van der Waals surface area contributed by atoms with E-state index >= 15 is 0 Å². The molecule has 1 amide bonds. The molecule has 2 atom stereocenters. The summed E-state index contributed by atoms with van der Waals surface area (Å²) < 4.78 is 12.3. The molecule has 6 heteroatoms. The average Bonchev–Trinajstić information content (AvgIpc) is 2.95. The van der Waals surface area contributed by atoms with Gasteiger partial charge in [-0.05, 0) is 30.3 Å². The first-order chi connectivity index (χ1) is 12.1. The molecule has 1 aromatic heterocycles. The lowest BCUT2D eigenvalue weighted by Crippen LogP contribution is -2.52. The number of rotatable bonds is 6. The smallest absolute Gasteiger partial charge is 0.416 e. The lowest BCUT2D eigenvalue weighted by atomic mass is 10.2. The summed E-state index contributed by atoms with van der Waals surface area (Å²) in [6, 6.07) is 5.80. The number of likely N-dealkylation sites (tertiary alicyclic amines) is 1. The molecule has 0 aromatic carbocycles. The molecular weight excluding hydrogens is 344 g/mol. The Labute approximate surface area is 158 Å². The van der Waals surface area contributed by atoms with E-state index in [-0.39, 0.29) is 28.3 Å². The van der Waals surface area contributed by atoms with Crippen LogP contribution >= 0.6 is 0 Å². The second kappa shape index (κ2) is 8.02. The van der Waals surface area contributed by atoms with Crippen LogP contribution in [0.4, 0.5) is 4.79 Å². The summed E-state index contributed by atoms with van der Waals surface area (Å²) in [4.78, 5) is 17.3. The van der Waals surface area contributed by atoms with Gasteiger partial charge in [0.05, 0.1) is 18.3 Å². The second-order valence-corrected chi connectivity index (χ2v) is 13.4. The van der Waals surface area contributed by atoms with Crippen LogP contribution in [-0.4, -0.2) is 49.7 Å². The molecule has 1 fully saturated rings. The second-order valence-electron chi connectivity index (χ2n) is 8.68. The van der Waals surface area contributed by atoms with Crippen molar-refractivity contribution < 1.29 is 18.4 Å². The average molecular weight is 378 g/mol. The van der Waals surface area contributed by atoms with Crippen molar-refractivity contribution in [3.8, 4) is 0 Å². The number of amides is 1. The summed E-state index contributed by atoms with van der Waals surface area (Å²) in [5.41, 5.74) is 0.899. The standard InChI is InChI=1S/C20H33N2O3Si/c1-7-14-24-19(23)22(15-17-10-8-9-12-21-17)13-11-18(16-22)25-26(5,6)20(2,3)4/h7-10,12,18H,1,11,13-16H2,2-6H3/q+1. The minimum absolute atomic E-state index is 0.0795. The molecule has 1 aliphatic rings. The van der Waals surface area contributed by atoms with Gasteiger partial charge < -0.3 is 9.16 Å². The first kappa shape index (κ1) is 20.8. The van der Waals surface area contributed by atoms with Gasteiger partial charge in [0, 0.05) is 12.6 Å². The molecule has 0 bridgehead atoms. The van der Waals surface area contributed by atoms with Gasteiger partial charge in [-0.3, -0.25) is 4.98 Å². The lowest BCUT2D eigenvalue weighted by Gasteiger charge is -2.38. The van der Waals surface area contributed by atoms with E-state index in [9.17, 15) is 4.79 Å². The molecule has 0 spiro atoms. The minimum Gasteiger partial charge on any atom is -0.416 e. The van der Waals surface area contributed by atoms with Crippen LogP contribution in [0.2, 0.25) is 18.1 Å². The van der Waals surface area contributed by atoms with Crippen LogP contribution in [0.1, 0.15) is 32.9 Å². The molecular formula is C20H33N2O3Si+. The first-order valence-electron chi connectivity index (χ1n) is 9.32. The number of carbonyl (C=O) groups excluding carboxylic acids is 1. The Bertz CT molecular complexity index is 628. The van der Waals surface area contributed by atoms with Crippen LogP contribution in [0.25, 0.3) is 0 Å². The van der Waals surface area contributed by atoms with E-state index in [2.05, 4.69) is 45.4 Å². The minimum atomic E-state index is -1.88. The van der Waals surface area contributed by atoms with Crippen LogP contribution < -0.4 is 0 Å². The summed E-state index contributed by atoms with van der Waals surface area (Å²) in [6.45, 7) is 17.0. The number of hydrogen-bond donors (Lipinski definition) is 0. The normalized spacial score (nSPS) is 23.7. The number of carbonyl (C=O) groups is 1. The fourth-order valence-electron chi connectivity index (χ4n) is 3.10. The summed E-state index contributed by atoms with van der Waals surface area (Å²) in [6.07, 6.45) is 4.10. The van der Waals surface area contributed by atoms with Crippen LogP contribution in [0.3, 0.4) is 0 Å². The fourth-order valence-corrected chi connectivity index (χ4v) is 4.48. The molecule has 0 saturated carbocycles. The van der Waals surface area contributed by atoms with Gasteiger partial charge in [-0.2, -0.15) is 4.79 Å². The van der Waals surface area contributed by atoms with Crippen molar-refractivity contribution in [2.24, 2.45) is 0 Å². The van der Waals surface area contributed by atoms with Gasteiger partial charge in [-0.25, -0.2) is 4.48 Å². The Morgan fingerprint density at radius 2 is 2.15 bits per heavy atom. The van der Waals surface area contributed by atoms with Crippen molar-refractivity contribution in [2.75, 3.05) is 19.7 Å². The van der Waals surface area contributed by atoms with Crippen LogP contribution in [0, 0.1) is 0 Å². The van der Waals surface area contributed by atoms with E-state index < -0.39 is 8.32 Å². The highest BCUT2D eigenvalue weighted by molar-refractivity contribution is 6.74. The van der Waals surface area contributed by atoms with E-state index in [1.807, 2.05) is 18.2 Å². The molecule has 0 radical (unpaired) electrons. The topological polar surface area (TPSA) is 48.4 Å². The van der Waals surface area contributed by atoms with Crippen molar-refractivity contribution in [2.45, 2.75) is 58.0 Å². The van der Waals surface area contributed by atoms with E-state index in [1.54, 1.807) is 12.3 Å². The SMILES string of the molecule is C=CCOC(=O)[N+]1(Cc2ccccn2)CCC(O[Si](C)(C)C(C)(C)C)C1. The summed E-state index contributed by atoms with van der Waals surface area (Å²) in [5.74, 6) is 0. The van der Waals surface area contributed by atoms with Gasteiger partial charge in [0.25, 0.3) is 0 Å². The maximum Gasteiger partial charge on any atom is 0.516 e. The zero-order chi connectivity index (χ0) is 19.4. The quantitative estimate of drug-likeness (QED) is 0.416. The van der Waals surface area contributed by atoms with Gasteiger partial charge in [0.2, 0.25) is 0 Å². The third kappa shape index (κ3) is 4.81. The molecule has 2 unspecified atom stereocenters. The lowest BCUT2D eigenvalue weighted by molar-refractivity contribution is -0.860. The molecule has 26 heavy (non-hydrogen) atoms. The number of ether oxygens (including phenoxy) is 1. The highest BCUT2D eigenvalue weighted by atomic mass is 28.4. The Hall–Kier alpha value is -1.50. The van der Waals surface area contributed by atoms with Crippen molar-refractivity contribution in [1.82, 2.24) is 4.98 Å². The number of nitrogens with zero attached hydrogens (tertiary/aromatic N) is 2. The Balaban J connectivity index is 2.18. The van der Waals surface area contributed by atoms with Crippen LogP contribution in [0.15, 0.2) is 37.1 Å². The van der Waals surface area contributed by atoms with E-state index in [0.717, 1.165) is 12.1 Å². The van der Waals surface area contributed by atoms with Gasteiger partial charge >= 0.3 is 6.09 Å². The number of hydrogen-bond acceptors (Lipinski definition) is 4. The predicted octanol–water partition coefficient (Wildman–Crippen LogP) is 4.52. The van der Waals surface area contributed by atoms with Gasteiger partial charge in [0.1, 0.15) is 19.7 Å². The predicted molar refractivity (Wildman–Crippen MR) is 106 cm³/mol. The molecule has 0 aliphatic carbocycles. The molecule has 1 aromatic rings. The molecule has 0 N–H and O–H groups in total.